The van der Waals surface area contributed by atoms with Gasteiger partial charge in [-0.25, -0.2) is 0 Å². The number of nitrogens with one attached hydrogen (secondary N) is 1. The lowest BCUT2D eigenvalue weighted by molar-refractivity contribution is 0.574. The minimum atomic E-state index is 0.300. The lowest BCUT2D eigenvalue weighted by Gasteiger charge is -2.15. The first kappa shape index (κ1) is 13.6. The zero-order chi connectivity index (χ0) is 13.0. The van der Waals surface area contributed by atoms with Crippen LogP contribution in [0.3, 0.4) is 0 Å². The highest BCUT2D eigenvalue weighted by Gasteiger charge is 2.05. The Kier molecular flexibility index (Phi) is 4.81. The highest BCUT2D eigenvalue weighted by molar-refractivity contribution is 9.10. The van der Waals surface area contributed by atoms with Crippen molar-refractivity contribution in [3.05, 3.63) is 69.2 Å². The van der Waals surface area contributed by atoms with Gasteiger partial charge in [-0.15, -0.1) is 0 Å². The highest BCUT2D eigenvalue weighted by Crippen LogP contribution is 2.19. The van der Waals surface area contributed by atoms with Gasteiger partial charge in [0.15, 0.2) is 0 Å². The van der Waals surface area contributed by atoms with Gasteiger partial charge in [-0.05, 0) is 36.2 Å². The summed E-state index contributed by atoms with van der Waals surface area (Å²) in [6, 6.07) is 16.5. The van der Waals surface area contributed by atoms with Crippen molar-refractivity contribution in [1.82, 2.24) is 5.32 Å². The van der Waals surface area contributed by atoms with E-state index < -0.39 is 0 Å². The van der Waals surface area contributed by atoms with Crippen LogP contribution in [0.25, 0.3) is 0 Å². The Morgan fingerprint density at radius 3 is 2.44 bits per heavy atom. The van der Waals surface area contributed by atoms with E-state index in [1.807, 2.05) is 18.2 Å². The van der Waals surface area contributed by atoms with Gasteiger partial charge < -0.3 is 5.32 Å². The van der Waals surface area contributed by atoms with E-state index in [1.54, 1.807) is 0 Å². The van der Waals surface area contributed by atoms with Crippen LogP contribution in [0.15, 0.2) is 53.0 Å². The van der Waals surface area contributed by atoms with Gasteiger partial charge in [0.2, 0.25) is 0 Å². The molecule has 3 heteroatoms. The SMILES string of the molecule is CC(NCc1ccccc1Br)c1ccc(Cl)cc1. The van der Waals surface area contributed by atoms with Crippen molar-refractivity contribution in [3.63, 3.8) is 0 Å². The predicted octanol–water partition coefficient (Wildman–Crippen LogP) is 4.95. The molecular formula is C15H15BrClN. The zero-order valence-corrected chi connectivity index (χ0v) is 12.5. The summed E-state index contributed by atoms with van der Waals surface area (Å²) in [6.07, 6.45) is 0. The summed E-state index contributed by atoms with van der Waals surface area (Å²) in [6.45, 7) is 2.99. The topological polar surface area (TPSA) is 12.0 Å². The van der Waals surface area contributed by atoms with Gasteiger partial charge in [0.05, 0.1) is 0 Å². The second-order valence-corrected chi connectivity index (χ2v) is 5.54. The summed E-state index contributed by atoms with van der Waals surface area (Å²) < 4.78 is 1.14. The lowest BCUT2D eigenvalue weighted by atomic mass is 10.1. The van der Waals surface area contributed by atoms with E-state index in [0.29, 0.717) is 6.04 Å². The molecule has 2 rings (SSSR count). The average molecular weight is 325 g/mol. The van der Waals surface area contributed by atoms with Crippen molar-refractivity contribution in [2.75, 3.05) is 0 Å². The Hall–Kier alpha value is -0.830. The molecule has 0 spiro atoms. The second kappa shape index (κ2) is 6.37. The molecule has 0 fully saturated rings. The van der Waals surface area contributed by atoms with Crippen molar-refractivity contribution >= 4 is 27.5 Å². The van der Waals surface area contributed by atoms with E-state index in [1.165, 1.54) is 11.1 Å². The fourth-order valence-electron chi connectivity index (χ4n) is 1.77. The molecule has 0 aliphatic carbocycles. The van der Waals surface area contributed by atoms with Crippen LogP contribution in [0.1, 0.15) is 24.1 Å². The third kappa shape index (κ3) is 3.58. The first-order chi connectivity index (χ1) is 8.66. The van der Waals surface area contributed by atoms with Crippen molar-refractivity contribution in [1.29, 1.82) is 0 Å². The fraction of sp³-hybridized carbons (Fsp3) is 0.200. The van der Waals surface area contributed by atoms with Crippen LogP contribution in [-0.4, -0.2) is 0 Å². The molecule has 18 heavy (non-hydrogen) atoms. The molecule has 1 N–H and O–H groups in total. The molecule has 2 aromatic carbocycles. The lowest BCUT2D eigenvalue weighted by Crippen LogP contribution is -2.18. The van der Waals surface area contributed by atoms with E-state index in [2.05, 4.69) is 58.5 Å². The average Bonchev–Trinajstić information content (AvgIpc) is 2.38. The molecule has 94 valence electrons. The Morgan fingerprint density at radius 1 is 1.11 bits per heavy atom. The van der Waals surface area contributed by atoms with E-state index in [0.717, 1.165) is 16.0 Å². The number of hydrogen-bond donors (Lipinski definition) is 1. The number of rotatable bonds is 4. The van der Waals surface area contributed by atoms with Crippen molar-refractivity contribution in [2.45, 2.75) is 19.5 Å². The molecule has 2 aromatic rings. The molecule has 0 radical (unpaired) electrons. The maximum atomic E-state index is 5.88. The van der Waals surface area contributed by atoms with Crippen molar-refractivity contribution in [2.24, 2.45) is 0 Å². The highest BCUT2D eigenvalue weighted by atomic mass is 79.9. The van der Waals surface area contributed by atoms with Crippen LogP contribution in [0.5, 0.6) is 0 Å². The minimum absolute atomic E-state index is 0.300. The molecule has 1 unspecified atom stereocenters. The van der Waals surface area contributed by atoms with E-state index >= 15 is 0 Å². The monoisotopic (exact) mass is 323 g/mol. The summed E-state index contributed by atoms with van der Waals surface area (Å²) in [7, 11) is 0. The molecule has 1 nitrogen and oxygen atoms in total. The smallest absolute Gasteiger partial charge is 0.0406 e. The van der Waals surface area contributed by atoms with E-state index in [-0.39, 0.29) is 0 Å². The van der Waals surface area contributed by atoms with Crippen LogP contribution >= 0.6 is 27.5 Å². The first-order valence-corrected chi connectivity index (χ1v) is 7.06. The number of hydrogen-bond acceptors (Lipinski definition) is 1. The normalized spacial score (nSPS) is 12.4. The summed E-state index contributed by atoms with van der Waals surface area (Å²) in [5.74, 6) is 0. The van der Waals surface area contributed by atoms with Gasteiger partial charge >= 0.3 is 0 Å². The summed E-state index contributed by atoms with van der Waals surface area (Å²) in [4.78, 5) is 0. The van der Waals surface area contributed by atoms with Gasteiger partial charge in [0.1, 0.15) is 0 Å². The third-order valence-electron chi connectivity index (χ3n) is 2.93. The Labute approximate surface area is 121 Å². The molecule has 0 bridgehead atoms. The van der Waals surface area contributed by atoms with E-state index in [9.17, 15) is 0 Å². The molecule has 0 aliphatic heterocycles. The summed E-state index contributed by atoms with van der Waals surface area (Å²) in [5, 5.41) is 4.28. The predicted molar refractivity (Wildman–Crippen MR) is 80.8 cm³/mol. The Bertz CT molecular complexity index is 510. The first-order valence-electron chi connectivity index (χ1n) is 5.89. The quantitative estimate of drug-likeness (QED) is 0.838. The maximum absolute atomic E-state index is 5.88. The van der Waals surface area contributed by atoms with Crippen molar-refractivity contribution < 1.29 is 0 Å². The molecule has 0 aromatic heterocycles. The molecule has 0 saturated carbocycles. The minimum Gasteiger partial charge on any atom is -0.306 e. The number of benzene rings is 2. The van der Waals surface area contributed by atoms with Gasteiger partial charge in [-0.2, -0.15) is 0 Å². The zero-order valence-electron chi connectivity index (χ0n) is 10.2. The van der Waals surface area contributed by atoms with Gasteiger partial charge in [-0.3, -0.25) is 0 Å². The van der Waals surface area contributed by atoms with Crippen molar-refractivity contribution in [3.8, 4) is 0 Å². The van der Waals surface area contributed by atoms with Crippen LogP contribution in [-0.2, 0) is 6.54 Å². The summed E-state index contributed by atoms with van der Waals surface area (Å²) >= 11 is 9.44. The van der Waals surface area contributed by atoms with E-state index in [4.69, 9.17) is 11.6 Å². The molecule has 0 amide bonds. The van der Waals surface area contributed by atoms with Gasteiger partial charge in [0, 0.05) is 22.1 Å². The molecule has 0 aliphatic rings. The van der Waals surface area contributed by atoms with Crippen LogP contribution in [0, 0.1) is 0 Å². The molecule has 0 heterocycles. The van der Waals surface area contributed by atoms with Gasteiger partial charge in [0.25, 0.3) is 0 Å². The van der Waals surface area contributed by atoms with Crippen LogP contribution in [0.2, 0.25) is 5.02 Å². The number of halogens is 2. The third-order valence-corrected chi connectivity index (χ3v) is 3.95. The Balaban J connectivity index is 1.98. The Morgan fingerprint density at radius 2 is 1.78 bits per heavy atom. The molecular weight excluding hydrogens is 310 g/mol. The summed E-state index contributed by atoms with van der Waals surface area (Å²) in [5.41, 5.74) is 2.50. The van der Waals surface area contributed by atoms with Crippen LogP contribution in [0.4, 0.5) is 0 Å². The van der Waals surface area contributed by atoms with Crippen LogP contribution < -0.4 is 5.32 Å². The molecule has 0 saturated heterocycles. The second-order valence-electron chi connectivity index (χ2n) is 4.25. The standard InChI is InChI=1S/C15H15BrClN/c1-11(12-6-8-14(17)9-7-12)18-10-13-4-2-3-5-15(13)16/h2-9,11,18H,10H2,1H3. The fourth-order valence-corrected chi connectivity index (χ4v) is 2.33. The van der Waals surface area contributed by atoms with Gasteiger partial charge in [-0.1, -0.05) is 57.9 Å². The largest absolute Gasteiger partial charge is 0.306 e. The maximum Gasteiger partial charge on any atom is 0.0406 e. The molecule has 1 atom stereocenters.